The first kappa shape index (κ1) is 19.3. The van der Waals surface area contributed by atoms with Gasteiger partial charge in [-0.2, -0.15) is 17.7 Å². The number of aromatic nitrogens is 4. The maximum atomic E-state index is 13.0. The monoisotopic (exact) mass is 405 g/mol. The summed E-state index contributed by atoms with van der Waals surface area (Å²) in [6.07, 6.45) is -3.08. The Balaban J connectivity index is 1.72. The molecule has 0 atom stereocenters. The molecule has 0 aromatic carbocycles. The van der Waals surface area contributed by atoms with Gasteiger partial charge in [-0.05, 0) is 30.2 Å². The number of alkyl halides is 3. The van der Waals surface area contributed by atoms with Crippen molar-refractivity contribution in [1.82, 2.24) is 19.6 Å². The van der Waals surface area contributed by atoms with Crippen molar-refractivity contribution in [2.45, 2.75) is 32.7 Å². The number of anilines is 1. The van der Waals surface area contributed by atoms with Crippen LogP contribution in [-0.2, 0) is 30.5 Å². The molecule has 4 heterocycles. The van der Waals surface area contributed by atoms with Gasteiger partial charge < -0.3 is 9.64 Å². The van der Waals surface area contributed by atoms with E-state index in [4.69, 9.17) is 4.74 Å². The molecule has 0 amide bonds. The molecule has 0 bridgehead atoms. The van der Waals surface area contributed by atoms with E-state index in [1.807, 2.05) is 11.8 Å². The predicted octanol–water partition coefficient (Wildman–Crippen LogP) is 2.52. The molecule has 0 N–H and O–H groups in total. The SMILES string of the molecule is COCc1cc(=O)n2nc(N3CCc4ncc(C(F)(F)F)cc4C3)c(C)cc2n1. The third-order valence-electron chi connectivity index (χ3n) is 4.83. The van der Waals surface area contributed by atoms with E-state index in [-0.39, 0.29) is 18.7 Å². The lowest BCUT2D eigenvalue weighted by atomic mass is 10.0. The van der Waals surface area contributed by atoms with Crippen LogP contribution in [0.15, 0.2) is 29.2 Å². The Morgan fingerprint density at radius 1 is 1.24 bits per heavy atom. The molecule has 0 aliphatic carbocycles. The average molecular weight is 405 g/mol. The number of rotatable bonds is 3. The van der Waals surface area contributed by atoms with Gasteiger partial charge in [0, 0.05) is 44.6 Å². The topological polar surface area (TPSA) is 72.6 Å². The first-order valence-electron chi connectivity index (χ1n) is 8.96. The molecule has 152 valence electrons. The van der Waals surface area contributed by atoms with Gasteiger partial charge in [-0.1, -0.05) is 0 Å². The highest BCUT2D eigenvalue weighted by Gasteiger charge is 2.32. The highest BCUT2D eigenvalue weighted by molar-refractivity contribution is 5.54. The molecule has 0 radical (unpaired) electrons. The van der Waals surface area contributed by atoms with Gasteiger partial charge in [-0.3, -0.25) is 9.78 Å². The molecule has 3 aromatic heterocycles. The minimum atomic E-state index is -4.44. The summed E-state index contributed by atoms with van der Waals surface area (Å²) in [6, 6.07) is 4.23. The van der Waals surface area contributed by atoms with Gasteiger partial charge in [-0.15, -0.1) is 5.10 Å². The molecular weight excluding hydrogens is 387 g/mol. The molecule has 29 heavy (non-hydrogen) atoms. The highest BCUT2D eigenvalue weighted by Crippen LogP contribution is 2.32. The second-order valence-electron chi connectivity index (χ2n) is 6.94. The molecule has 0 fully saturated rings. The van der Waals surface area contributed by atoms with Crippen LogP contribution in [0.5, 0.6) is 0 Å². The Kier molecular flexibility index (Phi) is 4.73. The van der Waals surface area contributed by atoms with E-state index < -0.39 is 11.7 Å². The number of halogens is 3. The zero-order valence-electron chi connectivity index (χ0n) is 15.8. The Morgan fingerprint density at radius 2 is 2.03 bits per heavy atom. The summed E-state index contributed by atoms with van der Waals surface area (Å²) in [6.45, 7) is 2.81. The molecule has 0 saturated carbocycles. The average Bonchev–Trinajstić information content (AvgIpc) is 2.66. The number of hydrogen-bond donors (Lipinski definition) is 0. The van der Waals surface area contributed by atoms with Crippen LogP contribution in [0.3, 0.4) is 0 Å². The Hall–Kier alpha value is -3.01. The van der Waals surface area contributed by atoms with E-state index in [9.17, 15) is 18.0 Å². The standard InChI is InChI=1S/C19H18F3N5O2/c1-11-5-16-24-14(10-29-2)7-17(28)27(16)25-18(11)26-4-3-15-12(9-26)6-13(8-23-15)19(20,21)22/h5-8H,3-4,9-10H2,1-2H3. The van der Waals surface area contributed by atoms with Crippen molar-refractivity contribution in [2.75, 3.05) is 18.6 Å². The summed E-state index contributed by atoms with van der Waals surface area (Å²) in [5.41, 5.74) is 1.71. The third kappa shape index (κ3) is 3.67. The smallest absolute Gasteiger partial charge is 0.378 e. The van der Waals surface area contributed by atoms with Gasteiger partial charge in [0.25, 0.3) is 5.56 Å². The number of fused-ring (bicyclic) bond motifs is 2. The van der Waals surface area contributed by atoms with Gasteiger partial charge in [0.05, 0.1) is 17.9 Å². The summed E-state index contributed by atoms with van der Waals surface area (Å²) in [5, 5.41) is 4.43. The van der Waals surface area contributed by atoms with E-state index in [0.717, 1.165) is 17.8 Å². The number of aryl methyl sites for hydroxylation is 1. The van der Waals surface area contributed by atoms with Crippen LogP contribution in [0.25, 0.3) is 5.65 Å². The van der Waals surface area contributed by atoms with E-state index >= 15 is 0 Å². The maximum Gasteiger partial charge on any atom is 0.417 e. The summed E-state index contributed by atoms with van der Waals surface area (Å²) in [4.78, 5) is 22.6. The lowest BCUT2D eigenvalue weighted by molar-refractivity contribution is -0.137. The Labute approximate surface area is 163 Å². The van der Waals surface area contributed by atoms with Gasteiger partial charge in [0.15, 0.2) is 11.5 Å². The van der Waals surface area contributed by atoms with Crippen molar-refractivity contribution in [2.24, 2.45) is 0 Å². The summed E-state index contributed by atoms with van der Waals surface area (Å²) in [7, 11) is 1.52. The second kappa shape index (κ2) is 7.11. The Bertz CT molecular complexity index is 1140. The molecular formula is C19H18F3N5O2. The lowest BCUT2D eigenvalue weighted by Gasteiger charge is -2.30. The summed E-state index contributed by atoms with van der Waals surface area (Å²) >= 11 is 0. The molecule has 0 saturated heterocycles. The fraction of sp³-hybridized carbons (Fsp3) is 0.368. The van der Waals surface area contributed by atoms with Gasteiger partial charge in [-0.25, -0.2) is 4.98 Å². The summed E-state index contributed by atoms with van der Waals surface area (Å²) in [5.74, 6) is 0.531. The zero-order chi connectivity index (χ0) is 20.8. The molecule has 1 aliphatic heterocycles. The van der Waals surface area contributed by atoms with Gasteiger partial charge >= 0.3 is 6.18 Å². The van der Waals surface area contributed by atoms with Crippen LogP contribution in [0.1, 0.15) is 28.1 Å². The van der Waals surface area contributed by atoms with E-state index in [1.165, 1.54) is 17.7 Å². The van der Waals surface area contributed by atoms with E-state index in [0.29, 0.717) is 41.4 Å². The highest BCUT2D eigenvalue weighted by atomic mass is 19.4. The van der Waals surface area contributed by atoms with Crippen LogP contribution >= 0.6 is 0 Å². The van der Waals surface area contributed by atoms with Crippen molar-refractivity contribution in [3.05, 3.63) is 62.8 Å². The molecule has 7 nitrogen and oxygen atoms in total. The van der Waals surface area contributed by atoms with Crippen LogP contribution in [0, 0.1) is 6.92 Å². The first-order valence-corrected chi connectivity index (χ1v) is 8.96. The molecule has 1 aliphatic rings. The minimum absolute atomic E-state index is 0.212. The van der Waals surface area contributed by atoms with E-state index in [2.05, 4.69) is 15.1 Å². The first-order chi connectivity index (χ1) is 13.8. The fourth-order valence-electron chi connectivity index (χ4n) is 3.47. The zero-order valence-corrected chi connectivity index (χ0v) is 15.8. The van der Waals surface area contributed by atoms with Crippen molar-refractivity contribution in [3.63, 3.8) is 0 Å². The molecule has 3 aromatic rings. The summed E-state index contributed by atoms with van der Waals surface area (Å²) < 4.78 is 45.3. The molecule has 10 heteroatoms. The van der Waals surface area contributed by atoms with Crippen LogP contribution in [0.4, 0.5) is 19.0 Å². The maximum absolute atomic E-state index is 13.0. The largest absolute Gasteiger partial charge is 0.417 e. The lowest BCUT2D eigenvalue weighted by Crippen LogP contribution is -2.33. The predicted molar refractivity (Wildman–Crippen MR) is 98.7 cm³/mol. The fourth-order valence-corrected chi connectivity index (χ4v) is 3.47. The van der Waals surface area contributed by atoms with Gasteiger partial charge in [0.1, 0.15) is 0 Å². The normalized spacial score (nSPS) is 14.3. The molecule has 0 unspecified atom stereocenters. The number of methoxy groups -OCH3 is 1. The van der Waals surface area contributed by atoms with Crippen molar-refractivity contribution < 1.29 is 17.9 Å². The van der Waals surface area contributed by atoms with Crippen LogP contribution in [0.2, 0.25) is 0 Å². The third-order valence-corrected chi connectivity index (χ3v) is 4.83. The van der Waals surface area contributed by atoms with Crippen LogP contribution < -0.4 is 10.5 Å². The quantitative estimate of drug-likeness (QED) is 0.667. The second-order valence-corrected chi connectivity index (χ2v) is 6.94. The Morgan fingerprint density at radius 3 is 2.76 bits per heavy atom. The van der Waals surface area contributed by atoms with Crippen molar-refractivity contribution in [1.29, 1.82) is 0 Å². The minimum Gasteiger partial charge on any atom is -0.378 e. The van der Waals surface area contributed by atoms with Crippen molar-refractivity contribution >= 4 is 11.5 Å². The van der Waals surface area contributed by atoms with Gasteiger partial charge in [0.2, 0.25) is 0 Å². The number of hydrogen-bond acceptors (Lipinski definition) is 6. The number of pyridine rings is 1. The van der Waals surface area contributed by atoms with E-state index in [1.54, 1.807) is 6.07 Å². The number of ether oxygens (including phenoxy) is 1. The molecule has 4 rings (SSSR count). The van der Waals surface area contributed by atoms with Crippen LogP contribution in [-0.4, -0.2) is 33.2 Å². The van der Waals surface area contributed by atoms with Crippen molar-refractivity contribution in [3.8, 4) is 0 Å². The number of nitrogens with zero attached hydrogens (tertiary/aromatic N) is 5. The molecule has 0 spiro atoms.